The van der Waals surface area contributed by atoms with Gasteiger partial charge in [0.25, 0.3) is 0 Å². The average molecular weight is 381 g/mol. The fraction of sp³-hybridized carbons (Fsp3) is 0.526. The summed E-state index contributed by atoms with van der Waals surface area (Å²) in [5.74, 6) is -1.43. The molecule has 0 aromatic heterocycles. The molecule has 0 heterocycles. The summed E-state index contributed by atoms with van der Waals surface area (Å²) >= 11 is 4.02. The molecule has 0 aliphatic rings. The van der Waals surface area contributed by atoms with Crippen molar-refractivity contribution in [2.75, 3.05) is 5.75 Å². The first-order valence-corrected chi connectivity index (χ1v) is 9.58. The number of hydrogen-bond acceptors (Lipinski definition) is 4. The number of carboxylic acid groups (broad SMARTS) is 1. The molecule has 1 aromatic rings. The maximum Gasteiger partial charge on any atom is 0.326 e. The Hall–Kier alpha value is -2.02. The third-order valence-electron chi connectivity index (χ3n) is 4.01. The summed E-state index contributed by atoms with van der Waals surface area (Å²) in [6.45, 7) is 1.99. The van der Waals surface area contributed by atoms with Gasteiger partial charge in [0.1, 0.15) is 12.1 Å². The van der Waals surface area contributed by atoms with E-state index in [4.69, 9.17) is 5.11 Å². The maximum absolute atomic E-state index is 12.4. The topological polar surface area (TPSA) is 95.5 Å². The van der Waals surface area contributed by atoms with Gasteiger partial charge in [0, 0.05) is 6.42 Å². The van der Waals surface area contributed by atoms with Crippen LogP contribution in [0, 0.1) is 0 Å². The molecule has 0 fully saturated rings. The fourth-order valence-corrected chi connectivity index (χ4v) is 2.76. The first-order valence-electron chi connectivity index (χ1n) is 8.95. The Morgan fingerprint density at radius 2 is 1.77 bits per heavy atom. The second kappa shape index (κ2) is 12.4. The second-order valence-corrected chi connectivity index (χ2v) is 6.61. The lowest BCUT2D eigenvalue weighted by molar-refractivity contribution is -0.142. The molecule has 6 nitrogen and oxygen atoms in total. The quantitative estimate of drug-likeness (QED) is 0.418. The highest BCUT2D eigenvalue weighted by Gasteiger charge is 2.25. The minimum absolute atomic E-state index is 0.217. The standard InChI is InChI=1S/C19H28N2O4S/c1-2-3-9-15(18(23)21-16(12-13-26)19(24)25)20-17(22)11-10-14-7-5-4-6-8-14/h4-8,15-16,26H,2-3,9-13H2,1H3,(H,20,22)(H,21,23)(H,24,25)/t15-,16-/m0/s1. The van der Waals surface area contributed by atoms with Gasteiger partial charge in [-0.25, -0.2) is 4.79 Å². The van der Waals surface area contributed by atoms with Crippen LogP contribution in [0.5, 0.6) is 0 Å². The van der Waals surface area contributed by atoms with Crippen molar-refractivity contribution < 1.29 is 19.5 Å². The lowest BCUT2D eigenvalue weighted by Crippen LogP contribution is -2.51. The van der Waals surface area contributed by atoms with Crippen molar-refractivity contribution in [3.8, 4) is 0 Å². The van der Waals surface area contributed by atoms with E-state index in [9.17, 15) is 14.4 Å². The molecule has 0 aliphatic heterocycles. The van der Waals surface area contributed by atoms with Crippen molar-refractivity contribution in [2.45, 2.75) is 57.5 Å². The number of carbonyl (C=O) groups is 3. The zero-order valence-corrected chi connectivity index (χ0v) is 16.0. The van der Waals surface area contributed by atoms with Crippen LogP contribution in [0.2, 0.25) is 0 Å². The molecule has 2 amide bonds. The number of carbonyl (C=O) groups excluding carboxylic acids is 2. The van der Waals surface area contributed by atoms with Crippen LogP contribution in [0.1, 0.15) is 44.6 Å². The number of benzene rings is 1. The third kappa shape index (κ3) is 8.38. The van der Waals surface area contributed by atoms with Crippen LogP contribution in [0.4, 0.5) is 0 Å². The summed E-state index contributed by atoms with van der Waals surface area (Å²) in [6, 6.07) is 7.92. The van der Waals surface area contributed by atoms with Gasteiger partial charge in [0.2, 0.25) is 11.8 Å². The normalized spacial score (nSPS) is 12.8. The smallest absolute Gasteiger partial charge is 0.326 e. The summed E-state index contributed by atoms with van der Waals surface area (Å²) in [6.07, 6.45) is 3.22. The van der Waals surface area contributed by atoms with Crippen LogP contribution < -0.4 is 10.6 Å². The van der Waals surface area contributed by atoms with E-state index in [1.807, 2.05) is 37.3 Å². The predicted molar refractivity (Wildman–Crippen MR) is 104 cm³/mol. The van der Waals surface area contributed by atoms with E-state index in [1.165, 1.54) is 0 Å². The van der Waals surface area contributed by atoms with E-state index < -0.39 is 24.0 Å². The SMILES string of the molecule is CCCC[C@H](NC(=O)CCc1ccccc1)C(=O)N[C@@H](CCS)C(=O)O. The zero-order valence-electron chi connectivity index (χ0n) is 15.1. The van der Waals surface area contributed by atoms with Crippen LogP contribution >= 0.6 is 12.6 Å². The molecule has 0 unspecified atom stereocenters. The molecule has 0 saturated carbocycles. The number of nitrogens with one attached hydrogen (secondary N) is 2. The Morgan fingerprint density at radius 1 is 1.08 bits per heavy atom. The molecule has 2 atom stereocenters. The molecular formula is C19H28N2O4S. The molecule has 0 aliphatic carbocycles. The van der Waals surface area contributed by atoms with Crippen molar-refractivity contribution in [2.24, 2.45) is 0 Å². The van der Waals surface area contributed by atoms with Gasteiger partial charge in [-0.05, 0) is 30.6 Å². The fourth-order valence-electron chi connectivity index (χ4n) is 2.50. The maximum atomic E-state index is 12.4. The van der Waals surface area contributed by atoms with E-state index in [-0.39, 0.29) is 18.7 Å². The molecule has 3 N–H and O–H groups in total. The lowest BCUT2D eigenvalue weighted by Gasteiger charge is -2.21. The van der Waals surface area contributed by atoms with E-state index in [0.717, 1.165) is 18.4 Å². The van der Waals surface area contributed by atoms with Crippen molar-refractivity contribution in [3.63, 3.8) is 0 Å². The van der Waals surface area contributed by atoms with Crippen LogP contribution in [0.3, 0.4) is 0 Å². The van der Waals surface area contributed by atoms with Crippen molar-refractivity contribution in [1.82, 2.24) is 10.6 Å². The Morgan fingerprint density at radius 3 is 2.35 bits per heavy atom. The molecule has 26 heavy (non-hydrogen) atoms. The summed E-state index contributed by atoms with van der Waals surface area (Å²) in [7, 11) is 0. The summed E-state index contributed by atoms with van der Waals surface area (Å²) in [4.78, 5) is 35.9. The van der Waals surface area contributed by atoms with Gasteiger partial charge in [-0.15, -0.1) is 0 Å². The van der Waals surface area contributed by atoms with E-state index in [2.05, 4.69) is 23.3 Å². The largest absolute Gasteiger partial charge is 0.480 e. The molecule has 0 bridgehead atoms. The van der Waals surface area contributed by atoms with Crippen LogP contribution in [-0.2, 0) is 20.8 Å². The van der Waals surface area contributed by atoms with Gasteiger partial charge in [-0.1, -0.05) is 50.1 Å². The van der Waals surface area contributed by atoms with Crippen LogP contribution in [0.15, 0.2) is 30.3 Å². The van der Waals surface area contributed by atoms with E-state index >= 15 is 0 Å². The van der Waals surface area contributed by atoms with E-state index in [1.54, 1.807) is 0 Å². The van der Waals surface area contributed by atoms with Gasteiger partial charge in [0.05, 0.1) is 0 Å². The van der Waals surface area contributed by atoms with Gasteiger partial charge in [0.15, 0.2) is 0 Å². The van der Waals surface area contributed by atoms with Crippen molar-refractivity contribution in [3.05, 3.63) is 35.9 Å². The molecule has 7 heteroatoms. The Balaban J connectivity index is 2.61. The van der Waals surface area contributed by atoms with Gasteiger partial charge >= 0.3 is 5.97 Å². The molecule has 1 rings (SSSR count). The van der Waals surface area contributed by atoms with Crippen LogP contribution in [-0.4, -0.2) is 40.7 Å². The second-order valence-electron chi connectivity index (χ2n) is 6.16. The predicted octanol–water partition coefficient (Wildman–Crippen LogP) is 2.18. The number of amides is 2. The number of rotatable bonds is 12. The Bertz CT molecular complexity index is 580. The van der Waals surface area contributed by atoms with Gasteiger partial charge in [-0.2, -0.15) is 12.6 Å². The minimum Gasteiger partial charge on any atom is -0.480 e. The molecule has 144 valence electrons. The lowest BCUT2D eigenvalue weighted by atomic mass is 10.1. The monoisotopic (exact) mass is 380 g/mol. The van der Waals surface area contributed by atoms with Gasteiger partial charge < -0.3 is 15.7 Å². The first kappa shape index (κ1) is 22.0. The van der Waals surface area contributed by atoms with E-state index in [0.29, 0.717) is 18.6 Å². The molecule has 0 radical (unpaired) electrons. The van der Waals surface area contributed by atoms with Crippen molar-refractivity contribution >= 4 is 30.4 Å². The number of hydrogen-bond donors (Lipinski definition) is 4. The molecule has 0 saturated heterocycles. The number of unbranched alkanes of at least 4 members (excludes halogenated alkanes) is 1. The van der Waals surface area contributed by atoms with Crippen LogP contribution in [0.25, 0.3) is 0 Å². The van der Waals surface area contributed by atoms with Crippen molar-refractivity contribution in [1.29, 1.82) is 0 Å². The molecule has 0 spiro atoms. The zero-order chi connectivity index (χ0) is 19.4. The highest BCUT2D eigenvalue weighted by atomic mass is 32.1. The number of carboxylic acids is 1. The van der Waals surface area contributed by atoms with Gasteiger partial charge in [-0.3, -0.25) is 9.59 Å². The highest BCUT2D eigenvalue weighted by Crippen LogP contribution is 2.06. The molecular weight excluding hydrogens is 352 g/mol. The Kier molecular flexibility index (Phi) is 10.5. The summed E-state index contributed by atoms with van der Waals surface area (Å²) < 4.78 is 0. The highest BCUT2D eigenvalue weighted by molar-refractivity contribution is 7.80. The number of thiol groups is 1. The molecule has 1 aromatic carbocycles. The average Bonchev–Trinajstić information content (AvgIpc) is 2.63. The Labute approximate surface area is 160 Å². The summed E-state index contributed by atoms with van der Waals surface area (Å²) in [5, 5.41) is 14.4. The summed E-state index contributed by atoms with van der Waals surface area (Å²) in [5.41, 5.74) is 1.05. The number of aryl methyl sites for hydroxylation is 1. The number of aliphatic carboxylic acids is 1. The first-order chi connectivity index (χ1) is 12.5. The minimum atomic E-state index is -1.10. The third-order valence-corrected chi connectivity index (χ3v) is 4.27.